The van der Waals surface area contributed by atoms with Crippen LogP contribution >= 0.6 is 0 Å². The first-order valence-electron chi connectivity index (χ1n) is 8.88. The van der Waals surface area contributed by atoms with E-state index in [1.807, 2.05) is 13.8 Å². The SMILES string of the molecule is C=C1CCC(C(C)CCC(=O)C(C)C)C(O)C2C(C)=CCC12. The zero-order valence-electron chi connectivity index (χ0n) is 14.6. The van der Waals surface area contributed by atoms with E-state index in [0.717, 1.165) is 25.7 Å². The van der Waals surface area contributed by atoms with Gasteiger partial charge in [-0.2, -0.15) is 0 Å². The summed E-state index contributed by atoms with van der Waals surface area (Å²) in [4.78, 5) is 11.9. The third-order valence-electron chi connectivity index (χ3n) is 6.00. The van der Waals surface area contributed by atoms with Crippen molar-refractivity contribution in [3.63, 3.8) is 0 Å². The van der Waals surface area contributed by atoms with Gasteiger partial charge in [0.1, 0.15) is 5.78 Å². The van der Waals surface area contributed by atoms with E-state index >= 15 is 0 Å². The number of fused-ring (bicyclic) bond motifs is 1. The third kappa shape index (κ3) is 3.53. The summed E-state index contributed by atoms with van der Waals surface area (Å²) < 4.78 is 0. The largest absolute Gasteiger partial charge is 0.392 e. The van der Waals surface area contributed by atoms with Gasteiger partial charge >= 0.3 is 0 Å². The molecule has 0 radical (unpaired) electrons. The van der Waals surface area contributed by atoms with Crippen molar-refractivity contribution >= 4 is 5.78 Å². The lowest BCUT2D eigenvalue weighted by molar-refractivity contribution is -0.122. The van der Waals surface area contributed by atoms with Gasteiger partial charge in [0.15, 0.2) is 0 Å². The normalized spacial score (nSPS) is 33.4. The average molecular weight is 304 g/mol. The number of ketones is 1. The van der Waals surface area contributed by atoms with Crippen LogP contribution in [0.1, 0.15) is 59.8 Å². The van der Waals surface area contributed by atoms with Crippen LogP contribution in [0.3, 0.4) is 0 Å². The van der Waals surface area contributed by atoms with Crippen LogP contribution < -0.4 is 0 Å². The van der Waals surface area contributed by atoms with E-state index in [4.69, 9.17) is 0 Å². The molecule has 0 saturated heterocycles. The Kier molecular flexibility index (Phi) is 5.65. The molecule has 2 aliphatic rings. The smallest absolute Gasteiger partial charge is 0.135 e. The Morgan fingerprint density at radius 2 is 2.09 bits per heavy atom. The molecule has 0 bridgehead atoms. The highest BCUT2D eigenvalue weighted by molar-refractivity contribution is 5.80. The molecule has 1 saturated carbocycles. The van der Waals surface area contributed by atoms with Gasteiger partial charge in [0.05, 0.1) is 6.10 Å². The van der Waals surface area contributed by atoms with E-state index in [9.17, 15) is 9.90 Å². The molecular formula is C20H32O2. The van der Waals surface area contributed by atoms with Crippen LogP contribution in [0.5, 0.6) is 0 Å². The van der Waals surface area contributed by atoms with Crippen molar-refractivity contribution in [2.45, 2.75) is 65.9 Å². The topological polar surface area (TPSA) is 37.3 Å². The number of aliphatic hydroxyl groups is 1. The number of carbonyl (C=O) groups excluding carboxylic acids is 1. The van der Waals surface area contributed by atoms with E-state index in [0.29, 0.717) is 24.0 Å². The second-order valence-electron chi connectivity index (χ2n) is 7.80. The first kappa shape index (κ1) is 17.5. The number of rotatable bonds is 5. The molecule has 2 aliphatic carbocycles. The molecular weight excluding hydrogens is 272 g/mol. The lowest BCUT2D eigenvalue weighted by Gasteiger charge is -2.32. The Labute approximate surface area is 135 Å². The summed E-state index contributed by atoms with van der Waals surface area (Å²) in [5, 5.41) is 11.0. The highest BCUT2D eigenvalue weighted by Gasteiger charge is 2.42. The first-order chi connectivity index (χ1) is 10.3. The summed E-state index contributed by atoms with van der Waals surface area (Å²) >= 11 is 0. The minimum Gasteiger partial charge on any atom is -0.392 e. The zero-order valence-corrected chi connectivity index (χ0v) is 14.6. The predicted molar refractivity (Wildman–Crippen MR) is 91.5 cm³/mol. The van der Waals surface area contributed by atoms with Crippen molar-refractivity contribution in [2.24, 2.45) is 29.6 Å². The maximum Gasteiger partial charge on any atom is 0.135 e. The van der Waals surface area contributed by atoms with Crippen LogP contribution in [-0.2, 0) is 4.79 Å². The molecule has 0 aromatic heterocycles. The van der Waals surface area contributed by atoms with E-state index in [1.165, 1.54) is 11.1 Å². The van der Waals surface area contributed by atoms with Crippen molar-refractivity contribution in [1.82, 2.24) is 0 Å². The molecule has 0 spiro atoms. The fourth-order valence-corrected chi connectivity index (χ4v) is 4.31. The molecule has 0 amide bonds. The van der Waals surface area contributed by atoms with Gasteiger partial charge in [0.2, 0.25) is 0 Å². The fourth-order valence-electron chi connectivity index (χ4n) is 4.31. The lowest BCUT2D eigenvalue weighted by Crippen LogP contribution is -2.34. The van der Waals surface area contributed by atoms with E-state index in [-0.39, 0.29) is 23.9 Å². The highest BCUT2D eigenvalue weighted by atomic mass is 16.3. The highest BCUT2D eigenvalue weighted by Crippen LogP contribution is 2.47. The summed E-state index contributed by atoms with van der Waals surface area (Å²) in [6.07, 6.45) is 6.60. The van der Waals surface area contributed by atoms with Crippen LogP contribution in [0.15, 0.2) is 23.8 Å². The lowest BCUT2D eigenvalue weighted by atomic mass is 9.76. The van der Waals surface area contributed by atoms with Crippen LogP contribution in [-0.4, -0.2) is 17.0 Å². The van der Waals surface area contributed by atoms with E-state index < -0.39 is 0 Å². The standard InChI is InChI=1S/C20H32O2/c1-12(2)18(21)11-8-14(4)17-10-6-13(3)16-9-7-15(5)19(16)20(17)22/h7,12,14,16-17,19-20,22H,3,6,8-11H2,1-2,4-5H3. The van der Waals surface area contributed by atoms with Crippen LogP contribution in [0.25, 0.3) is 0 Å². The number of carbonyl (C=O) groups is 1. The Hall–Kier alpha value is -0.890. The Bertz CT molecular complexity index is 460. The minimum atomic E-state index is -0.285. The molecule has 0 aromatic rings. The van der Waals surface area contributed by atoms with Crippen molar-refractivity contribution in [3.8, 4) is 0 Å². The average Bonchev–Trinajstić information content (AvgIpc) is 2.80. The van der Waals surface area contributed by atoms with Gasteiger partial charge in [-0.15, -0.1) is 0 Å². The molecule has 1 fully saturated rings. The molecule has 2 heteroatoms. The van der Waals surface area contributed by atoms with Crippen LogP contribution in [0.2, 0.25) is 0 Å². The third-order valence-corrected chi connectivity index (χ3v) is 6.00. The van der Waals surface area contributed by atoms with Crippen LogP contribution in [0, 0.1) is 29.6 Å². The first-order valence-corrected chi connectivity index (χ1v) is 8.88. The second kappa shape index (κ2) is 7.12. The van der Waals surface area contributed by atoms with Gasteiger partial charge in [-0.25, -0.2) is 0 Å². The number of allylic oxidation sites excluding steroid dienone is 2. The number of aliphatic hydroxyl groups excluding tert-OH is 1. The van der Waals surface area contributed by atoms with Gasteiger partial charge in [-0.05, 0) is 50.4 Å². The van der Waals surface area contributed by atoms with Crippen molar-refractivity contribution in [2.75, 3.05) is 0 Å². The fraction of sp³-hybridized carbons (Fsp3) is 0.750. The molecule has 124 valence electrons. The maximum atomic E-state index is 11.9. The van der Waals surface area contributed by atoms with E-state index in [2.05, 4.69) is 26.5 Å². The summed E-state index contributed by atoms with van der Waals surface area (Å²) in [5.74, 6) is 1.82. The molecule has 1 N–H and O–H groups in total. The summed E-state index contributed by atoms with van der Waals surface area (Å²) in [6, 6.07) is 0. The summed E-state index contributed by atoms with van der Waals surface area (Å²) in [5.41, 5.74) is 2.64. The molecule has 22 heavy (non-hydrogen) atoms. The molecule has 0 aromatic carbocycles. The van der Waals surface area contributed by atoms with Gasteiger partial charge in [0.25, 0.3) is 0 Å². The molecule has 0 aliphatic heterocycles. The maximum absolute atomic E-state index is 11.9. The summed E-state index contributed by atoms with van der Waals surface area (Å²) in [6.45, 7) is 12.6. The molecule has 0 heterocycles. The Morgan fingerprint density at radius 3 is 2.73 bits per heavy atom. The Morgan fingerprint density at radius 1 is 1.41 bits per heavy atom. The molecule has 5 unspecified atom stereocenters. The van der Waals surface area contributed by atoms with Gasteiger partial charge in [-0.3, -0.25) is 4.79 Å². The van der Waals surface area contributed by atoms with Crippen molar-refractivity contribution in [1.29, 1.82) is 0 Å². The summed E-state index contributed by atoms with van der Waals surface area (Å²) in [7, 11) is 0. The second-order valence-corrected chi connectivity index (χ2v) is 7.80. The number of Topliss-reactive ketones (excluding diaryl/α,β-unsaturated/α-hetero) is 1. The number of hydrogen-bond acceptors (Lipinski definition) is 2. The van der Waals surface area contributed by atoms with E-state index in [1.54, 1.807) is 0 Å². The predicted octanol–water partition coefficient (Wildman–Crippen LogP) is 4.54. The molecule has 5 atom stereocenters. The quantitative estimate of drug-likeness (QED) is 0.757. The van der Waals surface area contributed by atoms with Gasteiger partial charge in [-0.1, -0.05) is 44.6 Å². The van der Waals surface area contributed by atoms with Crippen LogP contribution in [0.4, 0.5) is 0 Å². The van der Waals surface area contributed by atoms with Gasteiger partial charge in [0, 0.05) is 18.3 Å². The van der Waals surface area contributed by atoms with Crippen molar-refractivity contribution < 1.29 is 9.90 Å². The van der Waals surface area contributed by atoms with Crippen molar-refractivity contribution in [3.05, 3.63) is 23.8 Å². The molecule has 2 rings (SSSR count). The Balaban J connectivity index is 2.05. The minimum absolute atomic E-state index is 0.121. The number of hydrogen-bond donors (Lipinski definition) is 1. The molecule has 2 nitrogen and oxygen atoms in total. The zero-order chi connectivity index (χ0) is 16.4. The monoisotopic (exact) mass is 304 g/mol. The van der Waals surface area contributed by atoms with Gasteiger partial charge < -0.3 is 5.11 Å².